The third-order valence-electron chi connectivity index (χ3n) is 3.88. The SMILES string of the molecule is COc1ccc(C(O)C2COc3ccccc32)cc1C. The molecule has 0 aromatic heterocycles. The summed E-state index contributed by atoms with van der Waals surface area (Å²) in [6.07, 6.45) is -0.566. The molecule has 1 heterocycles. The molecule has 3 nitrogen and oxygen atoms in total. The standard InChI is InChI=1S/C17H18O3/c1-11-9-12(7-8-15(11)19-2)17(18)14-10-20-16-6-4-3-5-13(14)16/h3-9,14,17-18H,10H2,1-2H3. The molecule has 2 aromatic rings. The van der Waals surface area contributed by atoms with Crippen LogP contribution in [0.1, 0.15) is 28.7 Å². The Bertz CT molecular complexity index is 621. The maximum Gasteiger partial charge on any atom is 0.123 e. The van der Waals surface area contributed by atoms with E-state index in [2.05, 4.69) is 0 Å². The number of aliphatic hydroxyl groups excluding tert-OH is 1. The molecule has 3 rings (SSSR count). The molecule has 0 amide bonds. The predicted octanol–water partition coefficient (Wildman–Crippen LogP) is 3.21. The van der Waals surface area contributed by atoms with Gasteiger partial charge in [0.15, 0.2) is 0 Å². The van der Waals surface area contributed by atoms with Gasteiger partial charge in [0.05, 0.1) is 25.7 Å². The average molecular weight is 270 g/mol. The van der Waals surface area contributed by atoms with Gasteiger partial charge in [-0.15, -0.1) is 0 Å². The van der Waals surface area contributed by atoms with Gasteiger partial charge in [-0.1, -0.05) is 24.3 Å². The van der Waals surface area contributed by atoms with Crippen molar-refractivity contribution in [3.63, 3.8) is 0 Å². The molecule has 1 N–H and O–H groups in total. The molecule has 0 saturated carbocycles. The Labute approximate surface area is 118 Å². The number of aryl methyl sites for hydroxylation is 1. The van der Waals surface area contributed by atoms with Crippen molar-refractivity contribution in [3.05, 3.63) is 59.2 Å². The van der Waals surface area contributed by atoms with Crippen molar-refractivity contribution >= 4 is 0 Å². The summed E-state index contributed by atoms with van der Waals surface area (Å²) in [5, 5.41) is 10.6. The Morgan fingerprint density at radius 2 is 2.05 bits per heavy atom. The Morgan fingerprint density at radius 3 is 2.80 bits per heavy atom. The predicted molar refractivity (Wildman–Crippen MR) is 77.4 cm³/mol. The fraction of sp³-hybridized carbons (Fsp3) is 0.294. The van der Waals surface area contributed by atoms with Crippen LogP contribution in [0, 0.1) is 6.92 Å². The van der Waals surface area contributed by atoms with Gasteiger partial charge in [-0.2, -0.15) is 0 Å². The van der Waals surface area contributed by atoms with Crippen LogP contribution in [0.5, 0.6) is 11.5 Å². The Morgan fingerprint density at radius 1 is 1.25 bits per heavy atom. The van der Waals surface area contributed by atoms with Crippen molar-refractivity contribution in [2.75, 3.05) is 13.7 Å². The highest BCUT2D eigenvalue weighted by molar-refractivity contribution is 5.43. The zero-order valence-corrected chi connectivity index (χ0v) is 11.7. The summed E-state index contributed by atoms with van der Waals surface area (Å²) in [5.74, 6) is 1.70. The lowest BCUT2D eigenvalue weighted by Crippen LogP contribution is -2.12. The van der Waals surface area contributed by atoms with Gasteiger partial charge in [0, 0.05) is 5.56 Å². The molecule has 0 aliphatic carbocycles. The molecule has 2 atom stereocenters. The van der Waals surface area contributed by atoms with Crippen LogP contribution >= 0.6 is 0 Å². The van der Waals surface area contributed by atoms with Gasteiger partial charge in [0.2, 0.25) is 0 Å². The average Bonchev–Trinajstić information content (AvgIpc) is 2.90. The van der Waals surface area contributed by atoms with E-state index < -0.39 is 6.10 Å². The quantitative estimate of drug-likeness (QED) is 0.930. The highest BCUT2D eigenvalue weighted by atomic mass is 16.5. The zero-order valence-electron chi connectivity index (χ0n) is 11.7. The molecular weight excluding hydrogens is 252 g/mol. The van der Waals surface area contributed by atoms with Crippen LogP contribution in [0.4, 0.5) is 0 Å². The van der Waals surface area contributed by atoms with E-state index in [1.54, 1.807) is 7.11 Å². The first kappa shape index (κ1) is 13.0. The summed E-state index contributed by atoms with van der Waals surface area (Å²) >= 11 is 0. The molecule has 2 unspecified atom stereocenters. The second kappa shape index (κ2) is 5.17. The summed E-state index contributed by atoms with van der Waals surface area (Å²) in [4.78, 5) is 0. The fourth-order valence-electron chi connectivity index (χ4n) is 2.77. The van der Waals surface area contributed by atoms with Crippen LogP contribution < -0.4 is 9.47 Å². The maximum atomic E-state index is 10.6. The van der Waals surface area contributed by atoms with Crippen LogP contribution in [-0.4, -0.2) is 18.8 Å². The molecule has 104 valence electrons. The number of hydrogen-bond acceptors (Lipinski definition) is 3. The minimum Gasteiger partial charge on any atom is -0.496 e. The zero-order chi connectivity index (χ0) is 14.1. The van der Waals surface area contributed by atoms with Crippen LogP contribution in [0.3, 0.4) is 0 Å². The Kier molecular flexibility index (Phi) is 3.36. The van der Waals surface area contributed by atoms with Gasteiger partial charge in [0.25, 0.3) is 0 Å². The third kappa shape index (κ3) is 2.14. The Hall–Kier alpha value is -2.00. The normalized spacial score (nSPS) is 18.2. The van der Waals surface area contributed by atoms with E-state index in [0.29, 0.717) is 6.61 Å². The van der Waals surface area contributed by atoms with Crippen LogP contribution in [0.25, 0.3) is 0 Å². The molecule has 0 spiro atoms. The van der Waals surface area contributed by atoms with E-state index in [4.69, 9.17) is 9.47 Å². The maximum absolute atomic E-state index is 10.6. The van der Waals surface area contributed by atoms with Crippen molar-refractivity contribution < 1.29 is 14.6 Å². The Balaban J connectivity index is 1.90. The first-order chi connectivity index (χ1) is 9.70. The number of ether oxygens (including phenoxy) is 2. The lowest BCUT2D eigenvalue weighted by molar-refractivity contribution is 0.130. The number of para-hydroxylation sites is 1. The van der Waals surface area contributed by atoms with Crippen LogP contribution in [0.15, 0.2) is 42.5 Å². The monoisotopic (exact) mass is 270 g/mol. The first-order valence-electron chi connectivity index (χ1n) is 6.75. The van der Waals surface area contributed by atoms with Crippen LogP contribution in [0.2, 0.25) is 0 Å². The van der Waals surface area contributed by atoms with Crippen molar-refractivity contribution in [2.24, 2.45) is 0 Å². The summed E-state index contributed by atoms with van der Waals surface area (Å²) in [6.45, 7) is 2.50. The molecule has 1 aliphatic rings. The minimum atomic E-state index is -0.566. The largest absolute Gasteiger partial charge is 0.496 e. The van der Waals surface area contributed by atoms with Crippen LogP contribution in [-0.2, 0) is 0 Å². The molecule has 3 heteroatoms. The summed E-state index contributed by atoms with van der Waals surface area (Å²) < 4.78 is 10.9. The molecular formula is C17H18O3. The van der Waals surface area contributed by atoms with Crippen molar-refractivity contribution in [1.82, 2.24) is 0 Å². The summed E-state index contributed by atoms with van der Waals surface area (Å²) in [6, 6.07) is 13.7. The fourth-order valence-corrected chi connectivity index (χ4v) is 2.77. The number of aliphatic hydroxyl groups is 1. The molecule has 0 bridgehead atoms. The van der Waals surface area contributed by atoms with Crippen molar-refractivity contribution in [2.45, 2.75) is 18.9 Å². The third-order valence-corrected chi connectivity index (χ3v) is 3.88. The van der Waals surface area contributed by atoms with Gasteiger partial charge >= 0.3 is 0 Å². The van der Waals surface area contributed by atoms with Gasteiger partial charge < -0.3 is 14.6 Å². The number of fused-ring (bicyclic) bond motifs is 1. The summed E-state index contributed by atoms with van der Waals surface area (Å²) in [5.41, 5.74) is 3.00. The van der Waals surface area contributed by atoms with E-state index in [9.17, 15) is 5.11 Å². The minimum absolute atomic E-state index is 0.0148. The number of methoxy groups -OCH3 is 1. The molecule has 0 fully saturated rings. The van der Waals surface area contributed by atoms with Crippen molar-refractivity contribution in [1.29, 1.82) is 0 Å². The number of hydrogen-bond donors (Lipinski definition) is 1. The lowest BCUT2D eigenvalue weighted by Gasteiger charge is -2.18. The van der Waals surface area contributed by atoms with Crippen molar-refractivity contribution in [3.8, 4) is 11.5 Å². The highest BCUT2D eigenvalue weighted by Gasteiger charge is 2.31. The van der Waals surface area contributed by atoms with E-state index in [1.165, 1.54) is 0 Å². The molecule has 2 aromatic carbocycles. The topological polar surface area (TPSA) is 38.7 Å². The summed E-state index contributed by atoms with van der Waals surface area (Å²) in [7, 11) is 1.65. The highest BCUT2D eigenvalue weighted by Crippen LogP contribution is 2.41. The van der Waals surface area contributed by atoms with E-state index in [1.807, 2.05) is 49.4 Å². The van der Waals surface area contributed by atoms with Gasteiger partial charge in [-0.3, -0.25) is 0 Å². The molecule has 0 radical (unpaired) electrons. The van der Waals surface area contributed by atoms with Gasteiger partial charge in [0.1, 0.15) is 11.5 Å². The van der Waals surface area contributed by atoms with Gasteiger partial charge in [-0.05, 0) is 36.2 Å². The van der Waals surface area contributed by atoms with E-state index in [0.717, 1.165) is 28.2 Å². The molecule has 0 saturated heterocycles. The molecule has 20 heavy (non-hydrogen) atoms. The lowest BCUT2D eigenvalue weighted by atomic mass is 9.90. The second-order valence-electron chi connectivity index (χ2n) is 5.13. The van der Waals surface area contributed by atoms with E-state index in [-0.39, 0.29) is 5.92 Å². The smallest absolute Gasteiger partial charge is 0.123 e. The van der Waals surface area contributed by atoms with E-state index >= 15 is 0 Å². The van der Waals surface area contributed by atoms with Gasteiger partial charge in [-0.25, -0.2) is 0 Å². The second-order valence-corrected chi connectivity index (χ2v) is 5.13. The number of rotatable bonds is 3. The molecule has 1 aliphatic heterocycles. The number of benzene rings is 2. The first-order valence-corrected chi connectivity index (χ1v) is 6.75.